The molecule has 2 fully saturated rings. The van der Waals surface area contributed by atoms with Crippen molar-refractivity contribution in [2.24, 2.45) is 0 Å². The molecule has 1 aromatic carbocycles. The summed E-state index contributed by atoms with van der Waals surface area (Å²) in [6, 6.07) is 3.26. The zero-order valence-corrected chi connectivity index (χ0v) is 33.2. The Bertz CT molecular complexity index is 1710. The van der Waals surface area contributed by atoms with E-state index in [1.807, 2.05) is 0 Å². The molecule has 58 heavy (non-hydrogen) atoms. The number of hydrogen-bond donors (Lipinski definition) is 1. The van der Waals surface area contributed by atoms with Crippen LogP contribution in [0.1, 0.15) is 54.0 Å². The Morgan fingerprint density at radius 1 is 0.569 bits per heavy atom. The normalized spacial score (nSPS) is 26.6. The Labute approximate surface area is 332 Å². The van der Waals surface area contributed by atoms with Crippen molar-refractivity contribution in [3.8, 4) is 11.5 Å². The average molecular weight is 826 g/mol. The summed E-state index contributed by atoms with van der Waals surface area (Å²) in [4.78, 5) is 99.5. The third-order valence-electron chi connectivity index (χ3n) is 8.06. The molecule has 0 aromatic heterocycles. The maximum Gasteiger partial charge on any atom is 0.305 e. The summed E-state index contributed by atoms with van der Waals surface area (Å²) in [6.07, 6.45) is -12.3. The highest BCUT2D eigenvalue weighted by molar-refractivity contribution is 5.92. The van der Waals surface area contributed by atoms with Crippen molar-refractivity contribution in [2.75, 3.05) is 27.4 Å². The third kappa shape index (κ3) is 13.7. The number of nitrogens with one attached hydrogen (secondary N) is 1. The number of ether oxygens (including phenoxy) is 12. The number of carbonyl (C=O) groups is 8. The Morgan fingerprint density at radius 2 is 1.05 bits per heavy atom. The Kier molecular flexibility index (Phi) is 17.4. The van der Waals surface area contributed by atoms with Gasteiger partial charge in [-0.1, -0.05) is 6.07 Å². The van der Waals surface area contributed by atoms with E-state index in [1.165, 1.54) is 20.3 Å². The van der Waals surface area contributed by atoms with Gasteiger partial charge >= 0.3 is 41.8 Å². The minimum absolute atomic E-state index is 0.372. The topological polar surface area (TPSA) is 259 Å². The van der Waals surface area contributed by atoms with Crippen molar-refractivity contribution >= 4 is 53.8 Å². The molecular formula is C37H47NO20. The fraction of sp³-hybridized carbons (Fsp3) is 0.568. The number of methoxy groups -OCH3 is 2. The van der Waals surface area contributed by atoms with Crippen LogP contribution >= 0.6 is 0 Å². The predicted octanol–water partition coefficient (Wildman–Crippen LogP) is 0.453. The number of benzene rings is 1. The minimum atomic E-state index is -1.86. The maximum absolute atomic E-state index is 13.5. The fourth-order valence-electron chi connectivity index (χ4n) is 5.94. The maximum atomic E-state index is 13.5. The van der Waals surface area contributed by atoms with Crippen molar-refractivity contribution in [1.82, 2.24) is 5.32 Å². The van der Waals surface area contributed by atoms with E-state index in [2.05, 4.69) is 5.32 Å². The highest BCUT2D eigenvalue weighted by Gasteiger charge is 2.57. The lowest BCUT2D eigenvalue weighted by Crippen LogP contribution is -2.69. The first-order valence-corrected chi connectivity index (χ1v) is 17.6. The Morgan fingerprint density at radius 3 is 1.57 bits per heavy atom. The van der Waals surface area contributed by atoms with E-state index in [0.717, 1.165) is 54.5 Å². The molecule has 0 aliphatic carbocycles. The van der Waals surface area contributed by atoms with Crippen LogP contribution in [-0.2, 0) is 85.7 Å². The Balaban J connectivity index is 2.16. The van der Waals surface area contributed by atoms with Gasteiger partial charge in [-0.2, -0.15) is 0 Å². The molecule has 0 spiro atoms. The summed E-state index contributed by atoms with van der Waals surface area (Å²) in [6.45, 7) is 6.06. The molecule has 0 bridgehead atoms. The standard InChI is InChI=1S/C37H47NO20/c1-17(39)49-15-27-31(58-37-35(54-22(6)44)34(53-21(5)43)32(51-19(3)41)28(57-37)16-50-18(2)40)33(52-20(4)42)30(36(56-27)55-23(7)45)38-29(46)13-11-24-10-12-25(47-8)26(14-24)48-9/h10-14,27-28,30-37H,15-16H2,1-9H3,(H,38,46)/b13-11+/t27-,28-,30-,31-,32+,33-,34+,35-,36-,37+/m1/s1. The van der Waals surface area contributed by atoms with Gasteiger partial charge in [0, 0.05) is 54.5 Å². The first kappa shape index (κ1) is 46.6. The number of hydrogen-bond acceptors (Lipinski definition) is 20. The van der Waals surface area contributed by atoms with Gasteiger partial charge in [-0.25, -0.2) is 0 Å². The molecule has 0 radical (unpaired) electrons. The number of rotatable bonds is 16. The summed E-state index contributed by atoms with van der Waals surface area (Å²) in [5.74, 6) is -6.17. The van der Waals surface area contributed by atoms with Crippen LogP contribution in [0.4, 0.5) is 0 Å². The molecular weight excluding hydrogens is 778 g/mol. The van der Waals surface area contributed by atoms with Crippen LogP contribution in [0.3, 0.4) is 0 Å². The van der Waals surface area contributed by atoms with Crippen molar-refractivity contribution < 1.29 is 95.2 Å². The van der Waals surface area contributed by atoms with Gasteiger partial charge in [0.05, 0.1) is 14.2 Å². The zero-order valence-electron chi connectivity index (χ0n) is 33.2. The molecule has 320 valence electrons. The van der Waals surface area contributed by atoms with Crippen molar-refractivity contribution in [2.45, 2.75) is 110 Å². The monoisotopic (exact) mass is 825 g/mol. The largest absolute Gasteiger partial charge is 0.493 e. The van der Waals surface area contributed by atoms with E-state index in [-0.39, 0.29) is 0 Å². The summed E-state index contributed by atoms with van der Waals surface area (Å²) in [5.41, 5.74) is 0.507. The summed E-state index contributed by atoms with van der Waals surface area (Å²) >= 11 is 0. The Hall–Kier alpha value is -5.80. The highest BCUT2D eigenvalue weighted by Crippen LogP contribution is 2.35. The molecule has 10 atom stereocenters. The molecule has 1 aromatic rings. The van der Waals surface area contributed by atoms with Crippen molar-refractivity contribution in [1.29, 1.82) is 0 Å². The van der Waals surface area contributed by atoms with Crippen LogP contribution in [0.5, 0.6) is 11.5 Å². The predicted molar refractivity (Wildman–Crippen MR) is 190 cm³/mol. The van der Waals surface area contributed by atoms with E-state index in [9.17, 15) is 38.4 Å². The second-order valence-corrected chi connectivity index (χ2v) is 12.7. The summed E-state index contributed by atoms with van der Waals surface area (Å²) in [7, 11) is 2.89. The number of amides is 1. The van der Waals surface area contributed by atoms with Gasteiger partial charge in [0.25, 0.3) is 0 Å². The minimum Gasteiger partial charge on any atom is -0.493 e. The molecule has 1 amide bonds. The van der Waals surface area contributed by atoms with E-state index in [1.54, 1.807) is 18.2 Å². The lowest BCUT2D eigenvalue weighted by molar-refractivity contribution is -0.348. The van der Waals surface area contributed by atoms with Crippen LogP contribution < -0.4 is 14.8 Å². The molecule has 2 aliphatic heterocycles. The summed E-state index contributed by atoms with van der Waals surface area (Å²) in [5, 5.41) is 2.59. The fourth-order valence-corrected chi connectivity index (χ4v) is 5.94. The first-order valence-electron chi connectivity index (χ1n) is 17.6. The molecule has 21 nitrogen and oxygen atoms in total. The van der Waals surface area contributed by atoms with Gasteiger partial charge in [0.15, 0.2) is 42.2 Å². The van der Waals surface area contributed by atoms with Gasteiger partial charge in [0.1, 0.15) is 37.6 Å². The van der Waals surface area contributed by atoms with Crippen molar-refractivity contribution in [3.05, 3.63) is 29.8 Å². The van der Waals surface area contributed by atoms with Gasteiger partial charge in [-0.05, 0) is 23.8 Å². The van der Waals surface area contributed by atoms with E-state index >= 15 is 0 Å². The zero-order chi connectivity index (χ0) is 43.3. The lowest BCUT2D eigenvalue weighted by atomic mass is 9.94. The lowest BCUT2D eigenvalue weighted by Gasteiger charge is -2.48. The second kappa shape index (κ2) is 21.6. The molecule has 1 N–H and O–H groups in total. The van der Waals surface area contributed by atoms with E-state index in [0.29, 0.717) is 17.1 Å². The molecule has 2 saturated heterocycles. The number of esters is 7. The SMILES string of the molecule is COc1ccc(/C=C/C(=O)N[C@H]2[C@H](OC(C)=O)O[C@H](COC(C)=O)[C@@H](O[C@@H]3O[C@H](COC(C)=O)[C@H](OC(C)=O)[C@H](OC(C)=O)[C@H]3OC(C)=O)[C@@H]2OC(C)=O)cc1OC. The van der Waals surface area contributed by atoms with Crippen LogP contribution in [-0.4, -0.2) is 136 Å². The van der Waals surface area contributed by atoms with Crippen LogP contribution in [0.2, 0.25) is 0 Å². The van der Waals surface area contributed by atoms with Crippen LogP contribution in [0.25, 0.3) is 6.08 Å². The molecule has 2 heterocycles. The molecule has 21 heteroatoms. The smallest absolute Gasteiger partial charge is 0.305 e. The van der Waals surface area contributed by atoms with Crippen molar-refractivity contribution in [3.63, 3.8) is 0 Å². The van der Waals surface area contributed by atoms with E-state index in [4.69, 9.17) is 56.8 Å². The summed E-state index contributed by atoms with van der Waals surface area (Å²) < 4.78 is 66.8. The first-order chi connectivity index (χ1) is 27.3. The average Bonchev–Trinajstić information content (AvgIpc) is 3.12. The quantitative estimate of drug-likeness (QED) is 0.135. The second-order valence-electron chi connectivity index (χ2n) is 12.7. The molecule has 0 saturated carbocycles. The highest BCUT2D eigenvalue weighted by atomic mass is 16.8. The van der Waals surface area contributed by atoms with Crippen LogP contribution in [0, 0.1) is 0 Å². The molecule has 3 rings (SSSR count). The van der Waals surface area contributed by atoms with E-state index < -0.39 is 122 Å². The number of carbonyl (C=O) groups excluding carboxylic acids is 8. The molecule has 0 unspecified atom stereocenters. The van der Waals surface area contributed by atoms with Gasteiger partial charge in [0.2, 0.25) is 12.2 Å². The van der Waals surface area contributed by atoms with Gasteiger partial charge in [-0.15, -0.1) is 0 Å². The van der Waals surface area contributed by atoms with Gasteiger partial charge in [-0.3, -0.25) is 38.4 Å². The van der Waals surface area contributed by atoms with Gasteiger partial charge < -0.3 is 62.2 Å². The third-order valence-corrected chi connectivity index (χ3v) is 8.06. The van der Waals surface area contributed by atoms with Crippen LogP contribution in [0.15, 0.2) is 24.3 Å². The molecule has 2 aliphatic rings.